The van der Waals surface area contributed by atoms with Crippen molar-refractivity contribution < 1.29 is 17.7 Å². The van der Waals surface area contributed by atoms with Crippen LogP contribution in [0.1, 0.15) is 35.4 Å². The molecule has 134 valence electrons. The third kappa shape index (κ3) is 2.88. The lowest BCUT2D eigenvalue weighted by atomic mass is 9.94. The summed E-state index contributed by atoms with van der Waals surface area (Å²) >= 11 is 0. The number of alkyl halides is 3. The van der Waals surface area contributed by atoms with Gasteiger partial charge >= 0.3 is 6.18 Å². The highest BCUT2D eigenvalue weighted by Gasteiger charge is 2.51. The molecule has 0 aliphatic heterocycles. The van der Waals surface area contributed by atoms with Gasteiger partial charge in [0.15, 0.2) is 0 Å². The van der Waals surface area contributed by atoms with E-state index in [4.69, 9.17) is 10.3 Å². The molecule has 1 fully saturated rings. The van der Waals surface area contributed by atoms with E-state index in [1.165, 1.54) is 12.1 Å². The Kier molecular flexibility index (Phi) is 3.84. The van der Waals surface area contributed by atoms with Gasteiger partial charge in [0.2, 0.25) is 11.7 Å². The summed E-state index contributed by atoms with van der Waals surface area (Å²) in [5, 5.41) is 4.01. The lowest BCUT2D eigenvalue weighted by Gasteiger charge is -2.13. The Balaban J connectivity index is 1.67. The molecule has 2 N–H and O–H groups in total. The van der Waals surface area contributed by atoms with Crippen molar-refractivity contribution in [1.29, 1.82) is 0 Å². The molecule has 0 radical (unpaired) electrons. The monoisotopic (exact) mass is 359 g/mol. The molecule has 26 heavy (non-hydrogen) atoms. The predicted molar refractivity (Wildman–Crippen MR) is 89.1 cm³/mol. The molecular weight excluding hydrogens is 343 g/mol. The maximum absolute atomic E-state index is 13.0. The minimum Gasteiger partial charge on any atom is -0.338 e. The average Bonchev–Trinajstić information content (AvgIpc) is 3.31. The normalized spacial score (nSPS) is 15.8. The van der Waals surface area contributed by atoms with Crippen LogP contribution in [0.5, 0.6) is 0 Å². The Morgan fingerprint density at radius 2 is 1.81 bits per heavy atom. The van der Waals surface area contributed by atoms with Gasteiger partial charge in [0, 0.05) is 12.1 Å². The molecule has 2 aromatic carbocycles. The lowest BCUT2D eigenvalue weighted by molar-refractivity contribution is -0.137. The third-order valence-corrected chi connectivity index (χ3v) is 4.78. The van der Waals surface area contributed by atoms with E-state index in [9.17, 15) is 13.2 Å². The van der Waals surface area contributed by atoms with Crippen molar-refractivity contribution >= 4 is 0 Å². The first-order valence-electron chi connectivity index (χ1n) is 8.24. The molecule has 0 saturated heterocycles. The second kappa shape index (κ2) is 5.95. The van der Waals surface area contributed by atoms with Crippen LogP contribution in [-0.4, -0.2) is 10.1 Å². The maximum Gasteiger partial charge on any atom is 0.416 e. The average molecular weight is 359 g/mol. The molecule has 1 aromatic heterocycles. The molecule has 4 rings (SSSR count). The summed E-state index contributed by atoms with van der Waals surface area (Å²) in [4.78, 5) is 4.45. The molecular formula is C19H16F3N3O. The molecule has 1 heterocycles. The van der Waals surface area contributed by atoms with Crippen LogP contribution in [0.15, 0.2) is 53.1 Å². The Morgan fingerprint density at radius 1 is 1.08 bits per heavy atom. The van der Waals surface area contributed by atoms with Crippen LogP contribution in [0.2, 0.25) is 0 Å². The minimum atomic E-state index is -4.38. The SMILES string of the molecule is NCc1ccc(-c2noc(C3(c4cccc(C(F)(F)F)c4)CC3)n2)cc1. The molecule has 3 aromatic rings. The Hall–Kier alpha value is -2.67. The molecule has 1 saturated carbocycles. The van der Waals surface area contributed by atoms with Crippen LogP contribution in [0.4, 0.5) is 13.2 Å². The van der Waals surface area contributed by atoms with Gasteiger partial charge < -0.3 is 10.3 Å². The Labute approximate surface area is 147 Å². The highest BCUT2D eigenvalue weighted by Crippen LogP contribution is 2.53. The summed E-state index contributed by atoms with van der Waals surface area (Å²) in [5.41, 5.74) is 6.61. The van der Waals surface area contributed by atoms with E-state index in [0.717, 1.165) is 17.2 Å². The van der Waals surface area contributed by atoms with E-state index in [1.54, 1.807) is 6.07 Å². The van der Waals surface area contributed by atoms with Crippen LogP contribution < -0.4 is 5.73 Å². The summed E-state index contributed by atoms with van der Waals surface area (Å²) in [6.45, 7) is 0.441. The first-order chi connectivity index (χ1) is 12.4. The summed E-state index contributed by atoms with van der Waals surface area (Å²) in [6, 6.07) is 12.8. The number of hydrogen-bond donors (Lipinski definition) is 1. The largest absolute Gasteiger partial charge is 0.416 e. The summed E-state index contributed by atoms with van der Waals surface area (Å²) in [7, 11) is 0. The van der Waals surface area contributed by atoms with E-state index in [1.807, 2.05) is 24.3 Å². The van der Waals surface area contributed by atoms with Crippen LogP contribution in [0.25, 0.3) is 11.4 Å². The third-order valence-electron chi connectivity index (χ3n) is 4.78. The number of hydrogen-bond acceptors (Lipinski definition) is 4. The number of halogens is 3. The summed E-state index contributed by atoms with van der Waals surface area (Å²) < 4.78 is 44.4. The van der Waals surface area contributed by atoms with E-state index in [2.05, 4.69) is 10.1 Å². The summed E-state index contributed by atoms with van der Waals surface area (Å²) in [5.74, 6) is 0.775. The highest BCUT2D eigenvalue weighted by molar-refractivity contribution is 5.55. The fourth-order valence-corrected chi connectivity index (χ4v) is 3.07. The van der Waals surface area contributed by atoms with Gasteiger partial charge in [-0.15, -0.1) is 0 Å². The molecule has 0 amide bonds. The predicted octanol–water partition coefficient (Wildman–Crippen LogP) is 4.29. The van der Waals surface area contributed by atoms with Crippen molar-refractivity contribution in [2.75, 3.05) is 0 Å². The van der Waals surface area contributed by atoms with Crippen molar-refractivity contribution in [3.05, 3.63) is 71.1 Å². The van der Waals surface area contributed by atoms with Gasteiger partial charge in [-0.05, 0) is 30.0 Å². The molecule has 0 atom stereocenters. The standard InChI is InChI=1S/C19H16F3N3O/c20-19(21,22)15-3-1-2-14(10-15)18(8-9-18)17-24-16(25-26-17)13-6-4-12(11-23)5-7-13/h1-7,10H,8-9,11,23H2. The number of benzene rings is 2. The molecule has 1 aliphatic carbocycles. The fraction of sp³-hybridized carbons (Fsp3) is 0.263. The zero-order chi connectivity index (χ0) is 18.4. The zero-order valence-corrected chi connectivity index (χ0v) is 13.8. The van der Waals surface area contributed by atoms with E-state index < -0.39 is 17.2 Å². The van der Waals surface area contributed by atoms with Gasteiger partial charge in [0.05, 0.1) is 11.0 Å². The van der Waals surface area contributed by atoms with Crippen molar-refractivity contribution in [2.24, 2.45) is 5.73 Å². The lowest BCUT2D eigenvalue weighted by Crippen LogP contribution is -2.12. The van der Waals surface area contributed by atoms with E-state index in [-0.39, 0.29) is 0 Å². The Morgan fingerprint density at radius 3 is 2.42 bits per heavy atom. The smallest absolute Gasteiger partial charge is 0.338 e. The topological polar surface area (TPSA) is 64.9 Å². The fourth-order valence-electron chi connectivity index (χ4n) is 3.07. The van der Waals surface area contributed by atoms with Crippen molar-refractivity contribution in [3.8, 4) is 11.4 Å². The molecule has 0 unspecified atom stereocenters. The van der Waals surface area contributed by atoms with Crippen LogP contribution in [0.3, 0.4) is 0 Å². The van der Waals surface area contributed by atoms with Crippen LogP contribution in [0, 0.1) is 0 Å². The van der Waals surface area contributed by atoms with Crippen molar-refractivity contribution in [1.82, 2.24) is 10.1 Å². The van der Waals surface area contributed by atoms with E-state index >= 15 is 0 Å². The molecule has 4 nitrogen and oxygen atoms in total. The van der Waals surface area contributed by atoms with Gasteiger partial charge in [-0.3, -0.25) is 0 Å². The molecule has 0 bridgehead atoms. The molecule has 1 aliphatic rings. The number of nitrogens with zero attached hydrogens (tertiary/aromatic N) is 2. The second-order valence-electron chi connectivity index (χ2n) is 6.48. The quantitative estimate of drug-likeness (QED) is 0.755. The minimum absolute atomic E-state index is 0.356. The molecule has 7 heteroatoms. The van der Waals surface area contributed by atoms with Crippen molar-refractivity contribution in [3.63, 3.8) is 0 Å². The van der Waals surface area contributed by atoms with Gasteiger partial charge in [-0.1, -0.05) is 47.6 Å². The van der Waals surface area contributed by atoms with Crippen LogP contribution in [-0.2, 0) is 18.1 Å². The van der Waals surface area contributed by atoms with Gasteiger partial charge in [-0.25, -0.2) is 0 Å². The highest BCUT2D eigenvalue weighted by atomic mass is 19.4. The number of nitrogens with two attached hydrogens (primary N) is 1. The second-order valence-corrected chi connectivity index (χ2v) is 6.48. The molecule has 0 spiro atoms. The number of rotatable bonds is 4. The van der Waals surface area contributed by atoms with Crippen molar-refractivity contribution in [2.45, 2.75) is 31.0 Å². The zero-order valence-electron chi connectivity index (χ0n) is 13.8. The first-order valence-corrected chi connectivity index (χ1v) is 8.24. The maximum atomic E-state index is 13.0. The van der Waals surface area contributed by atoms with E-state index in [0.29, 0.717) is 36.7 Å². The van der Waals surface area contributed by atoms with Crippen LogP contribution >= 0.6 is 0 Å². The summed E-state index contributed by atoms with van der Waals surface area (Å²) in [6.07, 6.45) is -3.01. The Bertz CT molecular complexity index is 928. The van der Waals surface area contributed by atoms with Gasteiger partial charge in [0.1, 0.15) is 0 Å². The van der Waals surface area contributed by atoms with Gasteiger partial charge in [-0.2, -0.15) is 18.2 Å². The first kappa shape index (κ1) is 16.8. The van der Waals surface area contributed by atoms with Gasteiger partial charge in [0.25, 0.3) is 0 Å². The number of aromatic nitrogens is 2.